The zero-order valence-corrected chi connectivity index (χ0v) is 11.7. The van der Waals surface area contributed by atoms with E-state index in [4.69, 9.17) is 26.8 Å². The predicted molar refractivity (Wildman–Crippen MR) is 73.6 cm³/mol. The molecule has 0 radical (unpaired) electrons. The van der Waals surface area contributed by atoms with Gasteiger partial charge in [0.05, 0.1) is 18.7 Å². The summed E-state index contributed by atoms with van der Waals surface area (Å²) in [6, 6.07) is 3.97. The van der Waals surface area contributed by atoms with Crippen LogP contribution in [0.3, 0.4) is 0 Å². The summed E-state index contributed by atoms with van der Waals surface area (Å²) >= 11 is 6.25. The molecule has 18 heavy (non-hydrogen) atoms. The Kier molecular flexibility index (Phi) is 4.36. The Labute approximate surface area is 113 Å². The van der Waals surface area contributed by atoms with Crippen LogP contribution in [0.4, 0.5) is 0 Å². The maximum absolute atomic E-state index is 6.25. The van der Waals surface area contributed by atoms with Gasteiger partial charge in [0.25, 0.3) is 0 Å². The van der Waals surface area contributed by atoms with E-state index in [1.807, 2.05) is 19.1 Å². The van der Waals surface area contributed by atoms with E-state index in [1.165, 1.54) is 12.8 Å². The van der Waals surface area contributed by atoms with Crippen LogP contribution in [-0.4, -0.2) is 19.8 Å². The van der Waals surface area contributed by atoms with E-state index in [1.54, 1.807) is 7.11 Å². The van der Waals surface area contributed by atoms with Gasteiger partial charge >= 0.3 is 0 Å². The number of hydrogen-bond acceptors (Lipinski definition) is 3. The van der Waals surface area contributed by atoms with Gasteiger partial charge in [0.15, 0.2) is 11.5 Å². The maximum Gasteiger partial charge on any atom is 0.179 e. The molecule has 2 N–H and O–H groups in total. The van der Waals surface area contributed by atoms with Crippen LogP contribution in [0.2, 0.25) is 5.02 Å². The predicted octanol–water partition coefficient (Wildman–Crippen LogP) is 3.03. The maximum atomic E-state index is 6.25. The van der Waals surface area contributed by atoms with Gasteiger partial charge in [-0.3, -0.25) is 0 Å². The average Bonchev–Trinajstić information content (AvgIpc) is 3.10. The minimum atomic E-state index is 0.101. The lowest BCUT2D eigenvalue weighted by Crippen LogP contribution is -2.17. The monoisotopic (exact) mass is 269 g/mol. The van der Waals surface area contributed by atoms with E-state index in [0.717, 1.165) is 18.6 Å². The van der Waals surface area contributed by atoms with Crippen molar-refractivity contribution in [2.45, 2.75) is 32.2 Å². The van der Waals surface area contributed by atoms with E-state index in [-0.39, 0.29) is 6.04 Å². The Balaban J connectivity index is 2.16. The van der Waals surface area contributed by atoms with Crippen LogP contribution in [0.1, 0.15) is 25.3 Å². The molecule has 0 heterocycles. The third kappa shape index (κ3) is 3.53. The number of hydrogen-bond donors (Lipinski definition) is 1. The Morgan fingerprint density at radius 3 is 2.72 bits per heavy atom. The number of halogens is 1. The summed E-state index contributed by atoms with van der Waals surface area (Å²) in [5, 5.41) is 0.602. The average molecular weight is 270 g/mol. The molecule has 1 aliphatic rings. The summed E-state index contributed by atoms with van der Waals surface area (Å²) in [5.74, 6) is 2.04. The van der Waals surface area contributed by atoms with Gasteiger partial charge in [-0.2, -0.15) is 0 Å². The lowest BCUT2D eigenvalue weighted by Gasteiger charge is -2.14. The fourth-order valence-corrected chi connectivity index (χ4v) is 2.18. The number of ether oxygens (including phenoxy) is 2. The number of benzene rings is 1. The first-order valence-electron chi connectivity index (χ1n) is 6.35. The molecule has 2 rings (SSSR count). The number of methoxy groups -OCH3 is 1. The molecule has 3 nitrogen and oxygen atoms in total. The smallest absolute Gasteiger partial charge is 0.179 e. The van der Waals surface area contributed by atoms with Gasteiger partial charge in [-0.25, -0.2) is 0 Å². The van der Waals surface area contributed by atoms with Gasteiger partial charge < -0.3 is 15.2 Å². The van der Waals surface area contributed by atoms with Gasteiger partial charge in [0, 0.05) is 6.04 Å². The van der Waals surface area contributed by atoms with Crippen molar-refractivity contribution in [3.05, 3.63) is 22.7 Å². The highest BCUT2D eigenvalue weighted by Gasteiger charge is 2.23. The molecule has 1 unspecified atom stereocenters. The second kappa shape index (κ2) is 5.81. The lowest BCUT2D eigenvalue weighted by atomic mass is 10.1. The van der Waals surface area contributed by atoms with Crippen LogP contribution in [0.25, 0.3) is 0 Å². The van der Waals surface area contributed by atoms with Crippen molar-refractivity contribution in [2.75, 3.05) is 13.7 Å². The first-order chi connectivity index (χ1) is 8.60. The molecule has 0 bridgehead atoms. The van der Waals surface area contributed by atoms with Crippen LogP contribution in [0.5, 0.6) is 11.5 Å². The second-order valence-corrected chi connectivity index (χ2v) is 5.45. The molecule has 0 spiro atoms. The van der Waals surface area contributed by atoms with Crippen molar-refractivity contribution in [1.82, 2.24) is 0 Å². The molecule has 1 atom stereocenters. The van der Waals surface area contributed by atoms with E-state index in [2.05, 4.69) is 0 Å². The van der Waals surface area contributed by atoms with Gasteiger partial charge in [0.1, 0.15) is 0 Å². The molecule has 1 aliphatic carbocycles. The molecule has 1 saturated carbocycles. The van der Waals surface area contributed by atoms with Crippen LogP contribution < -0.4 is 15.2 Å². The third-order valence-corrected chi connectivity index (χ3v) is 3.29. The molecule has 0 saturated heterocycles. The summed E-state index contributed by atoms with van der Waals surface area (Å²) in [7, 11) is 1.63. The zero-order valence-electron chi connectivity index (χ0n) is 10.9. The molecule has 4 heteroatoms. The summed E-state index contributed by atoms with van der Waals surface area (Å²) in [6.45, 7) is 2.70. The van der Waals surface area contributed by atoms with Crippen molar-refractivity contribution >= 4 is 11.6 Å². The van der Waals surface area contributed by atoms with Crippen LogP contribution >= 0.6 is 11.6 Å². The number of rotatable bonds is 6. The van der Waals surface area contributed by atoms with Gasteiger partial charge in [0.2, 0.25) is 0 Å². The van der Waals surface area contributed by atoms with E-state index in [9.17, 15) is 0 Å². The van der Waals surface area contributed by atoms with Gasteiger partial charge in [-0.1, -0.05) is 11.6 Å². The minimum absolute atomic E-state index is 0.101. The molecule has 1 aromatic carbocycles. The van der Waals surface area contributed by atoms with E-state index >= 15 is 0 Å². The van der Waals surface area contributed by atoms with Crippen molar-refractivity contribution in [2.24, 2.45) is 11.7 Å². The number of nitrogens with two attached hydrogens (primary N) is 1. The molecular weight excluding hydrogens is 250 g/mol. The molecular formula is C14H20ClNO2. The third-order valence-electron chi connectivity index (χ3n) is 3.01. The molecule has 1 fully saturated rings. The highest BCUT2D eigenvalue weighted by Crippen LogP contribution is 2.38. The first kappa shape index (κ1) is 13.5. The standard InChI is InChI=1S/C14H20ClNO2/c1-9(16)5-11-6-12(15)14(13(7-11)17-2)18-8-10-3-4-10/h6-7,9-10H,3-5,8,16H2,1-2H3. The summed E-state index contributed by atoms with van der Waals surface area (Å²) in [4.78, 5) is 0. The molecule has 0 amide bonds. The Morgan fingerprint density at radius 1 is 1.44 bits per heavy atom. The van der Waals surface area contributed by atoms with Crippen molar-refractivity contribution in [1.29, 1.82) is 0 Å². The SMILES string of the molecule is COc1cc(CC(C)N)cc(Cl)c1OCC1CC1. The topological polar surface area (TPSA) is 44.5 Å². The highest BCUT2D eigenvalue weighted by molar-refractivity contribution is 6.32. The Bertz CT molecular complexity index is 417. The summed E-state index contributed by atoms with van der Waals surface area (Å²) < 4.78 is 11.1. The fourth-order valence-electron chi connectivity index (χ4n) is 1.89. The zero-order chi connectivity index (χ0) is 13.1. The van der Waals surface area contributed by atoms with E-state index in [0.29, 0.717) is 22.4 Å². The van der Waals surface area contributed by atoms with Crippen LogP contribution in [0.15, 0.2) is 12.1 Å². The highest BCUT2D eigenvalue weighted by atomic mass is 35.5. The molecule has 100 valence electrons. The molecule has 0 aliphatic heterocycles. The van der Waals surface area contributed by atoms with E-state index < -0.39 is 0 Å². The van der Waals surface area contributed by atoms with Crippen LogP contribution in [-0.2, 0) is 6.42 Å². The lowest BCUT2D eigenvalue weighted by molar-refractivity contribution is 0.280. The van der Waals surface area contributed by atoms with Crippen LogP contribution in [0, 0.1) is 5.92 Å². The molecule has 1 aromatic rings. The van der Waals surface area contributed by atoms with Crippen molar-refractivity contribution < 1.29 is 9.47 Å². The van der Waals surface area contributed by atoms with Crippen molar-refractivity contribution in [3.8, 4) is 11.5 Å². The quantitative estimate of drug-likeness (QED) is 0.863. The summed E-state index contributed by atoms with van der Waals surface area (Å²) in [5.41, 5.74) is 6.87. The van der Waals surface area contributed by atoms with Crippen molar-refractivity contribution in [3.63, 3.8) is 0 Å². The minimum Gasteiger partial charge on any atom is -0.493 e. The Morgan fingerprint density at radius 2 is 2.17 bits per heavy atom. The normalized spacial score (nSPS) is 16.4. The Hall–Kier alpha value is -0.930. The van der Waals surface area contributed by atoms with Gasteiger partial charge in [-0.15, -0.1) is 0 Å². The first-order valence-corrected chi connectivity index (χ1v) is 6.72. The second-order valence-electron chi connectivity index (χ2n) is 5.04. The van der Waals surface area contributed by atoms with Gasteiger partial charge in [-0.05, 0) is 49.8 Å². The summed E-state index contributed by atoms with van der Waals surface area (Å²) in [6.07, 6.45) is 3.28. The molecule has 0 aromatic heterocycles. The fraction of sp³-hybridized carbons (Fsp3) is 0.571. The largest absolute Gasteiger partial charge is 0.493 e.